The minimum Gasteiger partial charge on any atom is -0.465 e. The molecule has 0 aliphatic rings. The highest BCUT2D eigenvalue weighted by atomic mass is 32.2. The van der Waals surface area contributed by atoms with Crippen LogP contribution in [0.25, 0.3) is 0 Å². The molecule has 9 nitrogen and oxygen atoms in total. The average Bonchev–Trinajstić information content (AvgIpc) is 2.80. The first-order chi connectivity index (χ1) is 15.8. The van der Waals surface area contributed by atoms with E-state index < -0.39 is 6.09 Å². The lowest BCUT2D eigenvalue weighted by atomic mass is 10.2. The van der Waals surface area contributed by atoms with E-state index in [1.807, 2.05) is 27.7 Å². The summed E-state index contributed by atoms with van der Waals surface area (Å²) in [5.74, 6) is 1.03. The number of unbranched alkanes of at least 4 members (excludes halogenated alkanes) is 3. The molecule has 0 unspecified atom stereocenters. The standard InChI is InChI=1S/C10H19NO3S.C8H16N2O3S.2C2H6/c1-3-4-5-6-11-10(13)15-8-7-14-9(2)12;1-2-3-6-14-8(12)10-4-5-13-7(9)11;2*1-2/h3-8H2,1-2H3,(H,11,13);2-6H2,1H3,(H2,9,11)(H,10,12);2*1-2H3. The average molecular weight is 514 g/mol. The molecule has 11 heteroatoms. The van der Waals surface area contributed by atoms with Crippen LogP contribution in [-0.4, -0.2) is 60.3 Å². The third kappa shape index (κ3) is 44.8. The van der Waals surface area contributed by atoms with Crippen LogP contribution in [0.15, 0.2) is 0 Å². The number of ether oxygens (including phenoxy) is 2. The highest BCUT2D eigenvalue weighted by Crippen LogP contribution is 2.04. The van der Waals surface area contributed by atoms with E-state index in [1.165, 1.54) is 18.7 Å². The van der Waals surface area contributed by atoms with E-state index in [1.54, 1.807) is 0 Å². The van der Waals surface area contributed by atoms with Crippen LogP contribution in [0.3, 0.4) is 0 Å². The second-order valence-electron chi connectivity index (χ2n) is 5.69. The van der Waals surface area contributed by atoms with Crippen molar-refractivity contribution in [2.75, 3.05) is 37.8 Å². The van der Waals surface area contributed by atoms with Crippen LogP contribution in [0.4, 0.5) is 14.4 Å². The van der Waals surface area contributed by atoms with Crippen molar-refractivity contribution in [1.29, 1.82) is 0 Å². The summed E-state index contributed by atoms with van der Waals surface area (Å²) in [4.78, 5) is 42.7. The summed E-state index contributed by atoms with van der Waals surface area (Å²) in [6, 6.07) is 0. The van der Waals surface area contributed by atoms with Gasteiger partial charge in [0.05, 0.1) is 6.54 Å². The zero-order valence-electron chi connectivity index (χ0n) is 21.6. The van der Waals surface area contributed by atoms with Gasteiger partial charge in [0.25, 0.3) is 10.5 Å². The second kappa shape index (κ2) is 35.0. The Hall–Kier alpha value is -1.62. The summed E-state index contributed by atoms with van der Waals surface area (Å²) >= 11 is 2.39. The zero-order chi connectivity index (χ0) is 26.3. The molecule has 0 saturated carbocycles. The number of esters is 1. The summed E-state index contributed by atoms with van der Waals surface area (Å²) in [6.07, 6.45) is 4.58. The van der Waals surface area contributed by atoms with Gasteiger partial charge in [-0.05, 0) is 12.8 Å². The maximum atomic E-state index is 11.2. The van der Waals surface area contributed by atoms with Crippen molar-refractivity contribution in [3.63, 3.8) is 0 Å². The van der Waals surface area contributed by atoms with Crippen LogP contribution in [0.2, 0.25) is 0 Å². The Kier molecular flexibility index (Phi) is 41.0. The molecule has 0 heterocycles. The molecule has 0 aromatic heterocycles. The highest BCUT2D eigenvalue weighted by molar-refractivity contribution is 8.13. The third-order valence-corrected chi connectivity index (χ3v) is 4.69. The Bertz CT molecular complexity index is 469. The maximum Gasteiger partial charge on any atom is 0.404 e. The summed E-state index contributed by atoms with van der Waals surface area (Å²) in [7, 11) is 0. The van der Waals surface area contributed by atoms with Crippen molar-refractivity contribution in [1.82, 2.24) is 10.6 Å². The summed E-state index contributed by atoms with van der Waals surface area (Å²) in [5, 5.41) is 5.24. The van der Waals surface area contributed by atoms with E-state index in [-0.39, 0.29) is 23.1 Å². The molecule has 0 fully saturated rings. The topological polar surface area (TPSA) is 137 Å². The number of amides is 3. The van der Waals surface area contributed by atoms with Gasteiger partial charge in [-0.3, -0.25) is 14.4 Å². The smallest absolute Gasteiger partial charge is 0.404 e. The van der Waals surface area contributed by atoms with E-state index in [0.29, 0.717) is 18.9 Å². The fourth-order valence-electron chi connectivity index (χ4n) is 1.60. The molecule has 0 saturated heterocycles. The van der Waals surface area contributed by atoms with Crippen LogP contribution in [-0.2, 0) is 14.3 Å². The SMILES string of the molecule is CC.CC.CCCCCNC(=O)SCCOC(C)=O.CCCCSC(=O)NCCOC(N)=O. The number of hydrogen-bond acceptors (Lipinski definition) is 8. The first kappa shape index (κ1) is 38.6. The van der Waals surface area contributed by atoms with E-state index in [4.69, 9.17) is 10.5 Å². The van der Waals surface area contributed by atoms with Crippen molar-refractivity contribution >= 4 is 46.1 Å². The molecule has 0 rings (SSSR count). The van der Waals surface area contributed by atoms with Crippen molar-refractivity contribution in [2.45, 2.75) is 80.6 Å². The molecule has 0 aliphatic carbocycles. The molecule has 0 bridgehead atoms. The first-order valence-electron chi connectivity index (χ1n) is 11.7. The van der Waals surface area contributed by atoms with Crippen molar-refractivity contribution < 1.29 is 28.7 Å². The minimum absolute atomic E-state index is 0.0433. The Labute approximate surface area is 209 Å². The lowest BCUT2D eigenvalue weighted by molar-refractivity contribution is -0.140. The molecule has 198 valence electrons. The lowest BCUT2D eigenvalue weighted by Gasteiger charge is -2.04. The first-order valence-corrected chi connectivity index (χ1v) is 13.7. The number of carbonyl (C=O) groups is 4. The lowest BCUT2D eigenvalue weighted by Crippen LogP contribution is -2.26. The molecule has 0 aliphatic heterocycles. The Morgan fingerprint density at radius 3 is 1.73 bits per heavy atom. The number of primary amides is 1. The van der Waals surface area contributed by atoms with E-state index in [0.717, 1.165) is 56.2 Å². The van der Waals surface area contributed by atoms with Gasteiger partial charge < -0.3 is 25.8 Å². The van der Waals surface area contributed by atoms with E-state index >= 15 is 0 Å². The van der Waals surface area contributed by atoms with Crippen LogP contribution in [0.1, 0.15) is 80.6 Å². The molecule has 0 spiro atoms. The van der Waals surface area contributed by atoms with Gasteiger partial charge in [-0.2, -0.15) is 0 Å². The van der Waals surface area contributed by atoms with Crippen LogP contribution >= 0.6 is 23.5 Å². The van der Waals surface area contributed by atoms with Crippen molar-refractivity contribution in [3.8, 4) is 0 Å². The largest absolute Gasteiger partial charge is 0.465 e. The Morgan fingerprint density at radius 1 is 0.727 bits per heavy atom. The predicted molar refractivity (Wildman–Crippen MR) is 141 cm³/mol. The fraction of sp³-hybridized carbons (Fsp3) is 0.818. The number of nitrogens with one attached hydrogen (secondary N) is 2. The van der Waals surface area contributed by atoms with Gasteiger partial charge >= 0.3 is 12.1 Å². The number of carbonyl (C=O) groups excluding carboxylic acids is 4. The predicted octanol–water partition coefficient (Wildman–Crippen LogP) is 5.56. The van der Waals surface area contributed by atoms with Gasteiger partial charge in [0, 0.05) is 25.0 Å². The number of thioether (sulfide) groups is 2. The van der Waals surface area contributed by atoms with E-state index in [2.05, 4.69) is 29.2 Å². The van der Waals surface area contributed by atoms with Crippen LogP contribution < -0.4 is 16.4 Å². The van der Waals surface area contributed by atoms with Gasteiger partial charge in [0.2, 0.25) is 0 Å². The van der Waals surface area contributed by atoms with Crippen LogP contribution in [0, 0.1) is 0 Å². The molecule has 0 radical (unpaired) electrons. The van der Waals surface area contributed by atoms with E-state index in [9.17, 15) is 19.2 Å². The quantitative estimate of drug-likeness (QED) is 0.215. The number of hydrogen-bond donors (Lipinski definition) is 3. The second-order valence-corrected chi connectivity index (χ2v) is 7.83. The van der Waals surface area contributed by atoms with Crippen LogP contribution in [0.5, 0.6) is 0 Å². The maximum absolute atomic E-state index is 11.2. The van der Waals surface area contributed by atoms with Gasteiger partial charge in [-0.1, -0.05) is 84.3 Å². The monoisotopic (exact) mass is 513 g/mol. The molecule has 3 amide bonds. The number of rotatable bonds is 13. The summed E-state index contributed by atoms with van der Waals surface area (Å²) < 4.78 is 9.13. The fourth-order valence-corrected chi connectivity index (χ4v) is 2.98. The summed E-state index contributed by atoms with van der Waals surface area (Å²) in [6.45, 7) is 15.0. The Balaban J connectivity index is -0.000000221. The van der Waals surface area contributed by atoms with Gasteiger partial charge in [-0.15, -0.1) is 0 Å². The number of nitrogens with two attached hydrogens (primary N) is 1. The van der Waals surface area contributed by atoms with Crippen molar-refractivity contribution in [2.24, 2.45) is 5.73 Å². The normalized spacial score (nSPS) is 8.82. The molecule has 0 atom stereocenters. The Morgan fingerprint density at radius 2 is 1.24 bits per heavy atom. The molecule has 33 heavy (non-hydrogen) atoms. The molecular weight excluding hydrogens is 466 g/mol. The minimum atomic E-state index is -0.821. The highest BCUT2D eigenvalue weighted by Gasteiger charge is 2.02. The third-order valence-electron chi connectivity index (χ3n) is 3.02. The van der Waals surface area contributed by atoms with Crippen molar-refractivity contribution in [3.05, 3.63) is 0 Å². The molecule has 0 aromatic rings. The van der Waals surface area contributed by atoms with Gasteiger partial charge in [0.1, 0.15) is 13.2 Å². The van der Waals surface area contributed by atoms with Gasteiger partial charge in [0.15, 0.2) is 0 Å². The van der Waals surface area contributed by atoms with Gasteiger partial charge in [-0.25, -0.2) is 4.79 Å². The summed E-state index contributed by atoms with van der Waals surface area (Å²) in [5.41, 5.74) is 4.73. The molecule has 0 aromatic carbocycles. The molecular formula is C22H47N3O6S2. The zero-order valence-corrected chi connectivity index (χ0v) is 23.3. The molecule has 4 N–H and O–H groups in total.